The molecule has 1 aliphatic heterocycles. The average Bonchev–Trinajstić information content (AvgIpc) is 2.74. The average molecular weight is 421 g/mol. The van der Waals surface area contributed by atoms with Crippen LogP contribution in [0.1, 0.15) is 20.3 Å². The summed E-state index contributed by atoms with van der Waals surface area (Å²) in [7, 11) is 1.24. The molecule has 3 rings (SSSR count). The fourth-order valence-corrected chi connectivity index (χ4v) is 3.54. The van der Waals surface area contributed by atoms with Crippen molar-refractivity contribution < 1.29 is 23.9 Å². The minimum atomic E-state index is -0.991. The molecule has 1 atom stereocenters. The van der Waals surface area contributed by atoms with Gasteiger partial charge in [-0.15, -0.1) is 0 Å². The molecule has 31 heavy (non-hydrogen) atoms. The Morgan fingerprint density at radius 2 is 1.55 bits per heavy atom. The highest BCUT2D eigenvalue weighted by Crippen LogP contribution is 2.34. The number of ether oxygens (including phenoxy) is 1. The lowest BCUT2D eigenvalue weighted by Gasteiger charge is -2.33. The van der Waals surface area contributed by atoms with Crippen molar-refractivity contribution >= 4 is 40.8 Å². The maximum Gasteiger partial charge on any atom is 0.336 e. The molecule has 1 unspecified atom stereocenters. The van der Waals surface area contributed by atoms with Gasteiger partial charge in [0.25, 0.3) is 0 Å². The molecule has 0 fully saturated rings. The quantitative estimate of drug-likeness (QED) is 0.722. The molecule has 2 aromatic carbocycles. The number of rotatable bonds is 5. The SMILES string of the molecule is COC(=O)C1=C(C)N(c2ccccc2)C(=O)CC1C(=O)Nc1ccc(NC(C)=O)cc1. The summed E-state index contributed by atoms with van der Waals surface area (Å²) in [6.07, 6.45) is -0.174. The van der Waals surface area contributed by atoms with Crippen LogP contribution >= 0.6 is 0 Å². The van der Waals surface area contributed by atoms with Crippen molar-refractivity contribution in [3.8, 4) is 0 Å². The third kappa shape index (κ3) is 4.80. The van der Waals surface area contributed by atoms with Gasteiger partial charge < -0.3 is 15.4 Å². The normalized spacial score (nSPS) is 16.0. The van der Waals surface area contributed by atoms with E-state index < -0.39 is 17.8 Å². The van der Waals surface area contributed by atoms with Crippen LogP contribution in [0.4, 0.5) is 17.1 Å². The van der Waals surface area contributed by atoms with Crippen molar-refractivity contribution in [3.63, 3.8) is 0 Å². The van der Waals surface area contributed by atoms with E-state index in [1.54, 1.807) is 55.5 Å². The molecule has 8 heteroatoms. The number of para-hydroxylation sites is 1. The fraction of sp³-hybridized carbons (Fsp3) is 0.217. The van der Waals surface area contributed by atoms with Crippen LogP contribution in [0.5, 0.6) is 0 Å². The predicted molar refractivity (Wildman–Crippen MR) is 116 cm³/mol. The fourth-order valence-electron chi connectivity index (χ4n) is 3.54. The second-order valence-corrected chi connectivity index (χ2v) is 7.06. The van der Waals surface area contributed by atoms with Gasteiger partial charge in [0.1, 0.15) is 0 Å². The number of amides is 3. The number of hydrogen-bond donors (Lipinski definition) is 2. The minimum absolute atomic E-state index is 0.137. The van der Waals surface area contributed by atoms with Crippen LogP contribution in [0.2, 0.25) is 0 Å². The Hall–Kier alpha value is -3.94. The first kappa shape index (κ1) is 21.8. The molecule has 0 radical (unpaired) electrons. The molecule has 1 aliphatic rings. The van der Waals surface area contributed by atoms with E-state index in [-0.39, 0.29) is 23.8 Å². The van der Waals surface area contributed by atoms with E-state index in [0.717, 1.165) is 0 Å². The Labute approximate surface area is 179 Å². The van der Waals surface area contributed by atoms with E-state index >= 15 is 0 Å². The largest absolute Gasteiger partial charge is 0.466 e. The van der Waals surface area contributed by atoms with Gasteiger partial charge in [-0.05, 0) is 43.3 Å². The molecule has 0 spiro atoms. The summed E-state index contributed by atoms with van der Waals surface area (Å²) in [6, 6.07) is 15.4. The van der Waals surface area contributed by atoms with Crippen molar-refractivity contribution in [3.05, 3.63) is 65.9 Å². The molecule has 160 valence electrons. The van der Waals surface area contributed by atoms with Crippen LogP contribution in [0.15, 0.2) is 65.9 Å². The molecule has 0 aromatic heterocycles. The van der Waals surface area contributed by atoms with Gasteiger partial charge in [0, 0.05) is 36.1 Å². The van der Waals surface area contributed by atoms with E-state index in [1.807, 2.05) is 6.07 Å². The van der Waals surface area contributed by atoms with Crippen molar-refractivity contribution in [2.45, 2.75) is 20.3 Å². The van der Waals surface area contributed by atoms with Crippen LogP contribution in [0.3, 0.4) is 0 Å². The van der Waals surface area contributed by atoms with Crippen molar-refractivity contribution in [1.82, 2.24) is 0 Å². The Morgan fingerprint density at radius 1 is 0.968 bits per heavy atom. The van der Waals surface area contributed by atoms with E-state index in [2.05, 4.69) is 10.6 Å². The zero-order chi connectivity index (χ0) is 22.5. The Balaban J connectivity index is 1.89. The van der Waals surface area contributed by atoms with Gasteiger partial charge in [0.15, 0.2) is 0 Å². The molecule has 0 aliphatic carbocycles. The summed E-state index contributed by atoms with van der Waals surface area (Å²) in [6.45, 7) is 3.02. The van der Waals surface area contributed by atoms with Gasteiger partial charge in [0.2, 0.25) is 17.7 Å². The number of esters is 1. The number of allylic oxidation sites excluding steroid dienone is 1. The molecule has 2 N–H and O–H groups in total. The number of hydrogen-bond acceptors (Lipinski definition) is 5. The molecule has 2 aromatic rings. The van der Waals surface area contributed by atoms with Crippen LogP contribution in [-0.2, 0) is 23.9 Å². The van der Waals surface area contributed by atoms with Gasteiger partial charge in [-0.25, -0.2) is 4.79 Å². The smallest absolute Gasteiger partial charge is 0.336 e. The van der Waals surface area contributed by atoms with E-state index in [9.17, 15) is 19.2 Å². The number of nitrogens with zero attached hydrogens (tertiary/aromatic N) is 1. The number of carbonyl (C=O) groups is 4. The molecule has 0 saturated carbocycles. The van der Waals surface area contributed by atoms with Gasteiger partial charge in [0.05, 0.1) is 18.6 Å². The van der Waals surface area contributed by atoms with E-state index in [1.165, 1.54) is 18.9 Å². The third-order valence-electron chi connectivity index (χ3n) is 4.91. The monoisotopic (exact) mass is 421 g/mol. The molecule has 1 heterocycles. The lowest BCUT2D eigenvalue weighted by molar-refractivity contribution is -0.138. The summed E-state index contributed by atoms with van der Waals surface area (Å²) in [5.41, 5.74) is 2.16. The van der Waals surface area contributed by atoms with Gasteiger partial charge in [-0.2, -0.15) is 0 Å². The van der Waals surface area contributed by atoms with Crippen molar-refractivity contribution in [2.24, 2.45) is 5.92 Å². The second-order valence-electron chi connectivity index (χ2n) is 7.06. The number of anilines is 3. The van der Waals surface area contributed by atoms with Crippen LogP contribution in [0.25, 0.3) is 0 Å². The Morgan fingerprint density at radius 3 is 2.10 bits per heavy atom. The molecule has 3 amide bonds. The third-order valence-corrected chi connectivity index (χ3v) is 4.91. The molecule has 8 nitrogen and oxygen atoms in total. The zero-order valence-corrected chi connectivity index (χ0v) is 17.5. The van der Waals surface area contributed by atoms with E-state index in [4.69, 9.17) is 4.74 Å². The van der Waals surface area contributed by atoms with Gasteiger partial charge >= 0.3 is 5.97 Å². The Kier molecular flexibility index (Phi) is 6.49. The van der Waals surface area contributed by atoms with E-state index in [0.29, 0.717) is 22.8 Å². The summed E-state index contributed by atoms with van der Waals surface area (Å²) >= 11 is 0. The topological polar surface area (TPSA) is 105 Å². The number of benzene rings is 2. The molecular formula is C23H23N3O5. The lowest BCUT2D eigenvalue weighted by Crippen LogP contribution is -2.43. The van der Waals surface area contributed by atoms with Crippen LogP contribution < -0.4 is 15.5 Å². The maximum absolute atomic E-state index is 13.0. The lowest BCUT2D eigenvalue weighted by atomic mass is 9.88. The highest BCUT2D eigenvalue weighted by Gasteiger charge is 2.40. The number of carbonyl (C=O) groups excluding carboxylic acids is 4. The zero-order valence-electron chi connectivity index (χ0n) is 17.5. The maximum atomic E-state index is 13.0. The standard InChI is InChI=1S/C23H23N3O5/c1-14-21(23(30)31-3)19(13-20(28)26(14)18-7-5-4-6-8-18)22(29)25-17-11-9-16(10-12-17)24-15(2)27/h4-12,19H,13H2,1-3H3,(H,24,27)(H,25,29). The first-order valence-corrected chi connectivity index (χ1v) is 9.67. The highest BCUT2D eigenvalue weighted by molar-refractivity contribution is 6.10. The van der Waals surface area contributed by atoms with Crippen LogP contribution in [-0.4, -0.2) is 30.8 Å². The summed E-state index contributed by atoms with van der Waals surface area (Å²) < 4.78 is 4.91. The summed E-state index contributed by atoms with van der Waals surface area (Å²) in [4.78, 5) is 51.0. The highest BCUT2D eigenvalue weighted by atomic mass is 16.5. The minimum Gasteiger partial charge on any atom is -0.466 e. The van der Waals surface area contributed by atoms with Crippen molar-refractivity contribution in [1.29, 1.82) is 0 Å². The Bertz CT molecular complexity index is 1040. The first-order valence-electron chi connectivity index (χ1n) is 9.67. The van der Waals surface area contributed by atoms with Gasteiger partial charge in [-0.3, -0.25) is 19.3 Å². The molecular weight excluding hydrogens is 398 g/mol. The number of nitrogens with one attached hydrogen (secondary N) is 2. The molecule has 0 bridgehead atoms. The van der Waals surface area contributed by atoms with Gasteiger partial charge in [-0.1, -0.05) is 18.2 Å². The molecule has 0 saturated heterocycles. The first-order chi connectivity index (χ1) is 14.8. The summed E-state index contributed by atoms with van der Waals surface area (Å²) in [5, 5.41) is 5.37. The predicted octanol–water partition coefficient (Wildman–Crippen LogP) is 3.08. The number of methoxy groups -OCH3 is 1. The second kappa shape index (κ2) is 9.25. The van der Waals surface area contributed by atoms with Crippen LogP contribution in [0, 0.1) is 5.92 Å². The summed E-state index contributed by atoms with van der Waals surface area (Å²) in [5.74, 6) is -2.64. The van der Waals surface area contributed by atoms with Crippen molar-refractivity contribution in [2.75, 3.05) is 22.6 Å².